The number of thiophene rings is 1. The second kappa shape index (κ2) is 7.78. The third-order valence-electron chi connectivity index (χ3n) is 5.21. The molecule has 1 aliphatic heterocycles. The molecule has 2 aliphatic rings. The summed E-state index contributed by atoms with van der Waals surface area (Å²) in [6, 6.07) is 0. The van der Waals surface area contributed by atoms with Crippen molar-refractivity contribution < 1.29 is 19.1 Å². The first-order valence-electron chi connectivity index (χ1n) is 9.29. The van der Waals surface area contributed by atoms with Crippen LogP contribution in [0.3, 0.4) is 0 Å². The smallest absolute Gasteiger partial charge is 0.341 e. The summed E-state index contributed by atoms with van der Waals surface area (Å²) in [5.41, 5.74) is 1.32. The fraction of sp³-hybridized carbons (Fsp3) is 0.632. The van der Waals surface area contributed by atoms with Gasteiger partial charge in [0.15, 0.2) is 0 Å². The van der Waals surface area contributed by atoms with Crippen LogP contribution in [0.1, 0.15) is 53.4 Å². The molecule has 1 aliphatic carbocycles. The van der Waals surface area contributed by atoms with Crippen molar-refractivity contribution in [3.8, 4) is 0 Å². The first kappa shape index (κ1) is 18.9. The zero-order chi connectivity index (χ0) is 18.8. The Kier molecular flexibility index (Phi) is 5.65. The molecule has 2 fully saturated rings. The summed E-state index contributed by atoms with van der Waals surface area (Å²) in [6.07, 6.45) is 3.35. The molecule has 2 amide bonds. The van der Waals surface area contributed by atoms with E-state index in [9.17, 15) is 14.4 Å². The highest BCUT2D eigenvalue weighted by Crippen LogP contribution is 2.35. The fourth-order valence-corrected chi connectivity index (χ4v) is 4.38. The average molecular weight is 378 g/mol. The van der Waals surface area contributed by atoms with Crippen LogP contribution in [-0.2, 0) is 14.3 Å². The molecule has 0 aromatic carbocycles. The van der Waals surface area contributed by atoms with Gasteiger partial charge >= 0.3 is 5.97 Å². The molecule has 1 saturated heterocycles. The van der Waals surface area contributed by atoms with Crippen LogP contribution in [0.5, 0.6) is 0 Å². The molecule has 0 unspecified atom stereocenters. The lowest BCUT2D eigenvalue weighted by molar-refractivity contribution is -0.135. The minimum absolute atomic E-state index is 0.0738. The second-order valence-electron chi connectivity index (χ2n) is 7.07. The number of ether oxygens (including phenoxy) is 1. The van der Waals surface area contributed by atoms with E-state index < -0.39 is 5.97 Å². The fourth-order valence-electron chi connectivity index (χ4n) is 3.33. The van der Waals surface area contributed by atoms with Gasteiger partial charge in [0.05, 0.1) is 12.2 Å². The van der Waals surface area contributed by atoms with E-state index in [0.717, 1.165) is 23.3 Å². The highest BCUT2D eigenvalue weighted by molar-refractivity contribution is 7.16. The van der Waals surface area contributed by atoms with Gasteiger partial charge in [-0.25, -0.2) is 4.79 Å². The monoisotopic (exact) mass is 378 g/mol. The Hall–Kier alpha value is -1.89. The van der Waals surface area contributed by atoms with Crippen molar-refractivity contribution in [3.05, 3.63) is 16.0 Å². The molecule has 26 heavy (non-hydrogen) atoms. The quantitative estimate of drug-likeness (QED) is 0.799. The maximum absolute atomic E-state index is 12.7. The number of esters is 1. The van der Waals surface area contributed by atoms with E-state index in [4.69, 9.17) is 4.74 Å². The summed E-state index contributed by atoms with van der Waals surface area (Å²) < 4.78 is 5.13. The van der Waals surface area contributed by atoms with Gasteiger partial charge in [-0.05, 0) is 52.0 Å². The van der Waals surface area contributed by atoms with E-state index in [0.29, 0.717) is 43.1 Å². The molecule has 3 rings (SSSR count). The molecule has 1 N–H and O–H groups in total. The normalized spacial score (nSPS) is 17.9. The highest BCUT2D eigenvalue weighted by atomic mass is 32.1. The molecule has 0 radical (unpaired) electrons. The van der Waals surface area contributed by atoms with Gasteiger partial charge in [-0.1, -0.05) is 0 Å². The number of rotatable bonds is 5. The predicted molar refractivity (Wildman–Crippen MR) is 100 cm³/mol. The molecule has 1 aromatic rings. The van der Waals surface area contributed by atoms with E-state index in [1.165, 1.54) is 11.3 Å². The Labute approximate surface area is 157 Å². The van der Waals surface area contributed by atoms with Crippen LogP contribution in [0, 0.1) is 25.7 Å². The molecule has 1 aromatic heterocycles. The number of aryl methyl sites for hydroxylation is 1. The number of piperidine rings is 1. The number of likely N-dealkylation sites (tertiary alicyclic amines) is 1. The Morgan fingerprint density at radius 3 is 2.35 bits per heavy atom. The summed E-state index contributed by atoms with van der Waals surface area (Å²) in [5, 5.41) is 3.51. The predicted octanol–water partition coefficient (Wildman–Crippen LogP) is 3.13. The molecule has 0 spiro atoms. The Bertz CT molecular complexity index is 715. The Morgan fingerprint density at radius 1 is 1.12 bits per heavy atom. The maximum atomic E-state index is 12.7. The number of hydrogen-bond donors (Lipinski definition) is 1. The summed E-state index contributed by atoms with van der Waals surface area (Å²) in [5.74, 6) is -0.122. The number of carbonyl (C=O) groups excluding carboxylic acids is 3. The molecular weight excluding hydrogens is 352 g/mol. The van der Waals surface area contributed by atoms with E-state index in [-0.39, 0.29) is 23.7 Å². The van der Waals surface area contributed by atoms with E-state index >= 15 is 0 Å². The Balaban J connectivity index is 1.62. The second-order valence-corrected chi connectivity index (χ2v) is 8.30. The van der Waals surface area contributed by atoms with Gasteiger partial charge in [0.25, 0.3) is 0 Å². The highest BCUT2D eigenvalue weighted by Gasteiger charge is 2.36. The number of hydrogen-bond acceptors (Lipinski definition) is 5. The van der Waals surface area contributed by atoms with Gasteiger partial charge < -0.3 is 15.0 Å². The molecular formula is C19H26N2O4S. The topological polar surface area (TPSA) is 75.7 Å². The molecule has 7 heteroatoms. The van der Waals surface area contributed by atoms with Gasteiger partial charge in [0, 0.05) is 29.8 Å². The minimum Gasteiger partial charge on any atom is -0.462 e. The first-order chi connectivity index (χ1) is 12.4. The van der Waals surface area contributed by atoms with Gasteiger partial charge in [-0.15, -0.1) is 11.3 Å². The van der Waals surface area contributed by atoms with Crippen LogP contribution in [-0.4, -0.2) is 42.4 Å². The van der Waals surface area contributed by atoms with Gasteiger partial charge in [-0.3, -0.25) is 9.59 Å². The van der Waals surface area contributed by atoms with Crippen molar-refractivity contribution in [2.45, 2.75) is 46.5 Å². The first-order valence-corrected chi connectivity index (χ1v) is 10.1. The largest absolute Gasteiger partial charge is 0.462 e. The lowest BCUT2D eigenvalue weighted by Crippen LogP contribution is -2.42. The molecule has 0 bridgehead atoms. The van der Waals surface area contributed by atoms with Crippen LogP contribution < -0.4 is 5.32 Å². The van der Waals surface area contributed by atoms with Crippen molar-refractivity contribution in [3.63, 3.8) is 0 Å². The number of nitrogens with zero attached hydrogens (tertiary/aromatic N) is 1. The molecule has 6 nitrogen and oxygen atoms in total. The van der Waals surface area contributed by atoms with Crippen molar-refractivity contribution in [1.82, 2.24) is 4.90 Å². The summed E-state index contributed by atoms with van der Waals surface area (Å²) in [7, 11) is 0. The van der Waals surface area contributed by atoms with Crippen LogP contribution in [0.15, 0.2) is 0 Å². The van der Waals surface area contributed by atoms with Crippen LogP contribution in [0.2, 0.25) is 0 Å². The minimum atomic E-state index is -0.394. The summed E-state index contributed by atoms with van der Waals surface area (Å²) in [4.78, 5) is 39.9. The van der Waals surface area contributed by atoms with Crippen molar-refractivity contribution in [1.29, 1.82) is 0 Å². The van der Waals surface area contributed by atoms with Gasteiger partial charge in [0.2, 0.25) is 11.8 Å². The van der Waals surface area contributed by atoms with Crippen molar-refractivity contribution in [2.24, 2.45) is 11.8 Å². The van der Waals surface area contributed by atoms with Crippen molar-refractivity contribution in [2.75, 3.05) is 25.0 Å². The van der Waals surface area contributed by atoms with E-state index in [1.807, 2.05) is 18.7 Å². The zero-order valence-corrected chi connectivity index (χ0v) is 16.4. The van der Waals surface area contributed by atoms with Crippen molar-refractivity contribution >= 4 is 34.1 Å². The number of nitrogens with one attached hydrogen (secondary N) is 1. The summed E-state index contributed by atoms with van der Waals surface area (Å²) in [6.45, 7) is 7.15. The average Bonchev–Trinajstić information content (AvgIpc) is 3.42. The molecule has 1 saturated carbocycles. The maximum Gasteiger partial charge on any atom is 0.341 e. The third-order valence-corrected chi connectivity index (χ3v) is 6.33. The van der Waals surface area contributed by atoms with Crippen LogP contribution >= 0.6 is 11.3 Å². The molecule has 142 valence electrons. The SMILES string of the molecule is CCOC(=O)c1c(NC(=O)C2CCN(C(=O)C3CC3)CC2)sc(C)c1C. The van der Waals surface area contributed by atoms with Gasteiger partial charge in [0.1, 0.15) is 5.00 Å². The number of carbonyl (C=O) groups is 3. The Morgan fingerprint density at radius 2 is 1.77 bits per heavy atom. The van der Waals surface area contributed by atoms with E-state index in [2.05, 4.69) is 5.32 Å². The lowest BCUT2D eigenvalue weighted by atomic mass is 9.95. The van der Waals surface area contributed by atoms with Crippen LogP contribution in [0.4, 0.5) is 5.00 Å². The van der Waals surface area contributed by atoms with E-state index in [1.54, 1.807) is 6.92 Å². The number of amides is 2. The third kappa shape index (κ3) is 3.92. The van der Waals surface area contributed by atoms with Crippen LogP contribution in [0.25, 0.3) is 0 Å². The summed E-state index contributed by atoms with van der Waals surface area (Å²) >= 11 is 1.41. The zero-order valence-electron chi connectivity index (χ0n) is 15.6. The van der Waals surface area contributed by atoms with Gasteiger partial charge in [-0.2, -0.15) is 0 Å². The standard InChI is InChI=1S/C19H26N2O4S/c1-4-25-19(24)15-11(2)12(3)26-17(15)20-16(22)13-7-9-21(10-8-13)18(23)14-5-6-14/h13-14H,4-10H2,1-3H3,(H,20,22). The number of anilines is 1. The lowest BCUT2D eigenvalue weighted by Gasteiger charge is -2.31. The molecule has 2 heterocycles. The molecule has 0 atom stereocenters.